The Morgan fingerprint density at radius 2 is 1.32 bits per heavy atom. The first kappa shape index (κ1) is 31.1. The summed E-state index contributed by atoms with van der Waals surface area (Å²) >= 11 is 0. The maximum atomic E-state index is 12.9. The van der Waals surface area contributed by atoms with Gasteiger partial charge in [0.1, 0.15) is 6.61 Å². The van der Waals surface area contributed by atoms with Crippen molar-refractivity contribution in [1.82, 2.24) is 16.0 Å². The molecular weight excluding hydrogens is 514 g/mol. The Morgan fingerprint density at radius 1 is 0.775 bits per heavy atom. The third-order valence-electron chi connectivity index (χ3n) is 6.60. The topological polar surface area (TPSA) is 124 Å². The standard InChI is InChI=1S/C30H41N3O7/c1-4-5-14-38-16-11-32-28(34)21-7-9-23-24-10-8-22(29(35)33-12-17-39-15-6-13-37-3)19-26(24)27(25(23)18-21)20-40-30(36)31-2/h7-10,18-19,27H,4-6,11-17,20H2,1-3H3,(H,31,36)(H,32,34)(H,33,35). The van der Waals surface area contributed by atoms with E-state index < -0.39 is 6.09 Å². The number of unbranched alkanes of at least 4 members (excludes halogenated alkanes) is 1. The second-order valence-electron chi connectivity index (χ2n) is 9.44. The Morgan fingerprint density at radius 3 is 1.82 bits per heavy atom. The van der Waals surface area contributed by atoms with Crippen LogP contribution >= 0.6 is 0 Å². The maximum absolute atomic E-state index is 12.9. The van der Waals surface area contributed by atoms with Gasteiger partial charge in [-0.1, -0.05) is 25.5 Å². The molecule has 0 aliphatic heterocycles. The van der Waals surface area contributed by atoms with Crippen LogP contribution in [-0.4, -0.2) is 84.8 Å². The summed E-state index contributed by atoms with van der Waals surface area (Å²) in [7, 11) is 3.14. The number of alkyl carbamates (subject to hydrolysis) is 1. The fraction of sp³-hybridized carbons (Fsp3) is 0.500. The summed E-state index contributed by atoms with van der Waals surface area (Å²) in [6.45, 7) is 5.71. The highest BCUT2D eigenvalue weighted by atomic mass is 16.5. The highest BCUT2D eigenvalue weighted by Crippen LogP contribution is 2.45. The first-order chi connectivity index (χ1) is 19.5. The minimum atomic E-state index is -0.550. The van der Waals surface area contributed by atoms with E-state index in [0.29, 0.717) is 57.3 Å². The van der Waals surface area contributed by atoms with E-state index in [1.165, 1.54) is 7.05 Å². The lowest BCUT2D eigenvalue weighted by Crippen LogP contribution is -2.27. The van der Waals surface area contributed by atoms with E-state index >= 15 is 0 Å². The average Bonchev–Trinajstić information content (AvgIpc) is 3.28. The summed E-state index contributed by atoms with van der Waals surface area (Å²) in [4.78, 5) is 37.6. The smallest absolute Gasteiger partial charge is 0.406 e. The molecule has 3 N–H and O–H groups in total. The Balaban J connectivity index is 1.71. The van der Waals surface area contributed by atoms with Crippen LogP contribution < -0.4 is 16.0 Å². The number of carbonyl (C=O) groups is 3. The van der Waals surface area contributed by atoms with Crippen LogP contribution in [-0.2, 0) is 18.9 Å². The van der Waals surface area contributed by atoms with Gasteiger partial charge in [-0.2, -0.15) is 0 Å². The lowest BCUT2D eigenvalue weighted by atomic mass is 9.95. The van der Waals surface area contributed by atoms with Crippen LogP contribution in [0.1, 0.15) is 63.9 Å². The van der Waals surface area contributed by atoms with Crippen LogP contribution in [0.3, 0.4) is 0 Å². The van der Waals surface area contributed by atoms with Crippen molar-refractivity contribution in [2.75, 3.05) is 66.9 Å². The second-order valence-corrected chi connectivity index (χ2v) is 9.44. The number of rotatable bonds is 17. The predicted molar refractivity (Wildman–Crippen MR) is 152 cm³/mol. The van der Waals surface area contributed by atoms with Crippen molar-refractivity contribution in [1.29, 1.82) is 0 Å². The average molecular weight is 556 g/mol. The summed E-state index contributed by atoms with van der Waals surface area (Å²) in [6, 6.07) is 11.0. The number of fused-ring (bicyclic) bond motifs is 3. The monoisotopic (exact) mass is 555 g/mol. The number of hydrogen-bond acceptors (Lipinski definition) is 7. The molecule has 0 saturated heterocycles. The zero-order chi connectivity index (χ0) is 28.7. The van der Waals surface area contributed by atoms with E-state index in [9.17, 15) is 14.4 Å². The van der Waals surface area contributed by atoms with Gasteiger partial charge in [-0.25, -0.2) is 4.79 Å². The number of carbonyl (C=O) groups excluding carboxylic acids is 3. The zero-order valence-electron chi connectivity index (χ0n) is 23.7. The Hall–Kier alpha value is -3.47. The molecular formula is C30H41N3O7. The van der Waals surface area contributed by atoms with Gasteiger partial charge in [0.15, 0.2) is 0 Å². The molecule has 3 amide bonds. The molecule has 218 valence electrons. The van der Waals surface area contributed by atoms with Gasteiger partial charge in [0.2, 0.25) is 0 Å². The largest absolute Gasteiger partial charge is 0.449 e. The van der Waals surface area contributed by atoms with Gasteiger partial charge in [0.25, 0.3) is 11.8 Å². The predicted octanol–water partition coefficient (Wildman–Crippen LogP) is 3.48. The number of hydrogen-bond donors (Lipinski definition) is 3. The normalized spacial score (nSPS) is 13.3. The van der Waals surface area contributed by atoms with E-state index in [2.05, 4.69) is 22.9 Å². The van der Waals surface area contributed by atoms with E-state index in [1.54, 1.807) is 19.2 Å². The lowest BCUT2D eigenvalue weighted by molar-refractivity contribution is 0.0877. The van der Waals surface area contributed by atoms with Gasteiger partial charge in [-0.05, 0) is 59.4 Å². The number of ether oxygens (including phenoxy) is 4. The summed E-state index contributed by atoms with van der Waals surface area (Å²) in [5.41, 5.74) is 4.62. The molecule has 10 nitrogen and oxygen atoms in total. The molecule has 0 spiro atoms. The Kier molecular flexibility index (Phi) is 12.9. The minimum absolute atomic E-state index is 0.0659. The van der Waals surface area contributed by atoms with Crippen molar-refractivity contribution in [3.8, 4) is 11.1 Å². The third-order valence-corrected chi connectivity index (χ3v) is 6.60. The molecule has 2 aromatic rings. The van der Waals surface area contributed by atoms with E-state index in [1.807, 2.05) is 24.3 Å². The van der Waals surface area contributed by atoms with Crippen LogP contribution in [0.25, 0.3) is 11.1 Å². The Labute approximate surface area is 236 Å². The minimum Gasteiger partial charge on any atom is -0.449 e. The molecule has 1 atom stereocenters. The summed E-state index contributed by atoms with van der Waals surface area (Å²) in [5, 5.41) is 8.24. The van der Waals surface area contributed by atoms with Gasteiger partial charge in [0, 0.05) is 64.1 Å². The number of benzene rings is 2. The van der Waals surface area contributed by atoms with Gasteiger partial charge >= 0.3 is 6.09 Å². The van der Waals surface area contributed by atoms with Crippen molar-refractivity contribution in [2.24, 2.45) is 0 Å². The number of methoxy groups -OCH3 is 1. The van der Waals surface area contributed by atoms with E-state index in [0.717, 1.165) is 41.5 Å². The molecule has 0 aromatic heterocycles. The summed E-state index contributed by atoms with van der Waals surface area (Å²) in [6.07, 6.45) is 2.30. The molecule has 0 bridgehead atoms. The van der Waals surface area contributed by atoms with Gasteiger partial charge in [-0.3, -0.25) is 9.59 Å². The van der Waals surface area contributed by atoms with E-state index in [-0.39, 0.29) is 24.3 Å². The molecule has 40 heavy (non-hydrogen) atoms. The summed E-state index contributed by atoms with van der Waals surface area (Å²) in [5.74, 6) is -0.746. The molecule has 1 unspecified atom stereocenters. The third kappa shape index (κ3) is 8.77. The highest BCUT2D eigenvalue weighted by Gasteiger charge is 2.31. The number of nitrogens with one attached hydrogen (secondary N) is 3. The Bertz CT molecular complexity index is 1140. The van der Waals surface area contributed by atoms with Gasteiger partial charge < -0.3 is 34.9 Å². The molecule has 2 aromatic carbocycles. The van der Waals surface area contributed by atoms with Crippen LogP contribution in [0, 0.1) is 0 Å². The second kappa shape index (κ2) is 16.6. The summed E-state index contributed by atoms with van der Waals surface area (Å²) < 4.78 is 21.5. The SMILES string of the molecule is CCCCOCCNC(=O)c1ccc2c(c1)C(COC(=O)NC)c1cc(C(=O)NCCOCCCOC)ccc1-2. The van der Waals surface area contributed by atoms with Crippen LogP contribution in [0.4, 0.5) is 4.79 Å². The fourth-order valence-corrected chi connectivity index (χ4v) is 4.49. The van der Waals surface area contributed by atoms with Crippen molar-refractivity contribution < 1.29 is 33.3 Å². The molecule has 1 aliphatic rings. The van der Waals surface area contributed by atoms with Crippen molar-refractivity contribution in [3.05, 3.63) is 58.7 Å². The molecule has 0 heterocycles. The fourth-order valence-electron chi connectivity index (χ4n) is 4.49. The lowest BCUT2D eigenvalue weighted by Gasteiger charge is -2.15. The van der Waals surface area contributed by atoms with Crippen molar-refractivity contribution in [2.45, 2.75) is 32.1 Å². The van der Waals surface area contributed by atoms with Crippen molar-refractivity contribution in [3.63, 3.8) is 0 Å². The maximum Gasteiger partial charge on any atom is 0.406 e. The highest BCUT2D eigenvalue weighted by molar-refractivity contribution is 5.98. The number of amides is 3. The van der Waals surface area contributed by atoms with Gasteiger partial charge in [-0.15, -0.1) is 0 Å². The molecule has 3 rings (SSSR count). The van der Waals surface area contributed by atoms with Gasteiger partial charge in [0.05, 0.1) is 13.2 Å². The quantitative estimate of drug-likeness (QED) is 0.255. The molecule has 1 aliphatic carbocycles. The molecule has 10 heteroatoms. The van der Waals surface area contributed by atoms with Crippen molar-refractivity contribution >= 4 is 17.9 Å². The first-order valence-electron chi connectivity index (χ1n) is 13.8. The van der Waals surface area contributed by atoms with Crippen LogP contribution in [0.15, 0.2) is 36.4 Å². The van der Waals surface area contributed by atoms with Crippen LogP contribution in [0.5, 0.6) is 0 Å². The molecule has 0 saturated carbocycles. The zero-order valence-corrected chi connectivity index (χ0v) is 23.7. The van der Waals surface area contributed by atoms with Crippen LogP contribution in [0.2, 0.25) is 0 Å². The molecule has 0 fully saturated rings. The molecule has 0 radical (unpaired) electrons. The first-order valence-corrected chi connectivity index (χ1v) is 13.8. The van der Waals surface area contributed by atoms with E-state index in [4.69, 9.17) is 18.9 Å².